The summed E-state index contributed by atoms with van der Waals surface area (Å²) in [6.45, 7) is 4.28. The summed E-state index contributed by atoms with van der Waals surface area (Å²) in [5, 5.41) is 12.0. The van der Waals surface area contributed by atoms with Crippen LogP contribution in [-0.4, -0.2) is 30.4 Å². The number of fused-ring (bicyclic) bond motifs is 1. The molecule has 100 valence electrons. The van der Waals surface area contributed by atoms with Gasteiger partial charge in [0, 0.05) is 5.54 Å². The molecule has 0 aromatic heterocycles. The Morgan fingerprint density at radius 2 is 2.17 bits per heavy atom. The highest BCUT2D eigenvalue weighted by Gasteiger charge is 2.26. The summed E-state index contributed by atoms with van der Waals surface area (Å²) in [5.41, 5.74) is 1.40. The van der Waals surface area contributed by atoms with E-state index < -0.39 is 0 Å². The van der Waals surface area contributed by atoms with E-state index >= 15 is 0 Å². The van der Waals surface area contributed by atoms with E-state index in [0.29, 0.717) is 0 Å². The fourth-order valence-electron chi connectivity index (χ4n) is 2.39. The van der Waals surface area contributed by atoms with Crippen LogP contribution in [0.15, 0.2) is 24.3 Å². The molecule has 1 aromatic rings. The maximum Gasteiger partial charge on any atom is 0.122 e. The minimum absolute atomic E-state index is 0.0417. The van der Waals surface area contributed by atoms with Crippen LogP contribution < -0.4 is 10.1 Å². The van der Waals surface area contributed by atoms with Crippen molar-refractivity contribution >= 4 is 0 Å². The lowest BCUT2D eigenvalue weighted by Crippen LogP contribution is -2.39. The largest absolute Gasteiger partial charge is 0.493 e. The Kier molecular flexibility index (Phi) is 4.61. The standard InChI is InChI=1S/C9H10O.C6H13NO/c1-2-6-9-8(4-1)5-3-7-10-9;1-6(5-8)3-2-4-7-6/h1-2,4,6H,3,5,7H2;7-8H,2-5H2,1H3. The lowest BCUT2D eigenvalue weighted by atomic mass is 10.0. The van der Waals surface area contributed by atoms with Gasteiger partial charge in [-0.05, 0) is 50.8 Å². The predicted octanol–water partition coefficient (Wildman–Crippen LogP) is 2.13. The van der Waals surface area contributed by atoms with Crippen molar-refractivity contribution in [1.82, 2.24) is 5.32 Å². The van der Waals surface area contributed by atoms with Crippen molar-refractivity contribution in [3.8, 4) is 5.75 Å². The summed E-state index contributed by atoms with van der Waals surface area (Å²) in [4.78, 5) is 0. The number of aryl methyl sites for hydroxylation is 1. The molecule has 1 unspecified atom stereocenters. The van der Waals surface area contributed by atoms with E-state index in [1.165, 1.54) is 18.4 Å². The van der Waals surface area contributed by atoms with E-state index in [1.807, 2.05) is 12.1 Å². The van der Waals surface area contributed by atoms with E-state index in [4.69, 9.17) is 9.84 Å². The van der Waals surface area contributed by atoms with Crippen LogP contribution in [0.2, 0.25) is 0 Å². The Labute approximate surface area is 109 Å². The predicted molar refractivity (Wildman–Crippen MR) is 73.0 cm³/mol. The molecule has 1 fully saturated rings. The second-order valence-electron chi connectivity index (χ2n) is 5.31. The second kappa shape index (κ2) is 6.21. The zero-order valence-corrected chi connectivity index (χ0v) is 11.1. The van der Waals surface area contributed by atoms with Gasteiger partial charge < -0.3 is 15.2 Å². The quantitative estimate of drug-likeness (QED) is 0.801. The molecule has 18 heavy (non-hydrogen) atoms. The van der Waals surface area contributed by atoms with Gasteiger partial charge in [0.25, 0.3) is 0 Å². The molecular formula is C15H23NO2. The molecule has 1 aromatic carbocycles. The van der Waals surface area contributed by atoms with Crippen LogP contribution >= 0.6 is 0 Å². The number of aliphatic hydroxyl groups excluding tert-OH is 1. The molecular weight excluding hydrogens is 226 g/mol. The van der Waals surface area contributed by atoms with Gasteiger partial charge in [0.1, 0.15) is 5.75 Å². The highest BCUT2D eigenvalue weighted by atomic mass is 16.5. The molecule has 3 rings (SSSR count). The molecule has 2 heterocycles. The van der Waals surface area contributed by atoms with E-state index in [-0.39, 0.29) is 12.1 Å². The molecule has 0 radical (unpaired) electrons. The summed E-state index contributed by atoms with van der Waals surface area (Å²) < 4.78 is 5.42. The van der Waals surface area contributed by atoms with Crippen LogP contribution in [0.25, 0.3) is 0 Å². The molecule has 0 bridgehead atoms. The number of ether oxygens (including phenoxy) is 1. The summed E-state index contributed by atoms with van der Waals surface area (Å²) in [7, 11) is 0. The summed E-state index contributed by atoms with van der Waals surface area (Å²) in [6, 6.07) is 8.25. The van der Waals surface area contributed by atoms with Gasteiger partial charge in [-0.25, -0.2) is 0 Å². The summed E-state index contributed by atoms with van der Waals surface area (Å²) >= 11 is 0. The Bertz CT molecular complexity index is 348. The van der Waals surface area contributed by atoms with Gasteiger partial charge in [0.05, 0.1) is 13.2 Å². The van der Waals surface area contributed by atoms with Crippen LogP contribution in [0, 0.1) is 0 Å². The summed E-state index contributed by atoms with van der Waals surface area (Å²) in [5.74, 6) is 1.08. The molecule has 2 aliphatic heterocycles. The first kappa shape index (κ1) is 13.4. The van der Waals surface area contributed by atoms with Crippen molar-refractivity contribution in [1.29, 1.82) is 0 Å². The van der Waals surface area contributed by atoms with Gasteiger partial charge in [-0.1, -0.05) is 18.2 Å². The number of para-hydroxylation sites is 1. The van der Waals surface area contributed by atoms with E-state index in [0.717, 1.165) is 31.7 Å². The lowest BCUT2D eigenvalue weighted by Gasteiger charge is -2.19. The maximum absolute atomic E-state index is 8.76. The van der Waals surface area contributed by atoms with Crippen LogP contribution in [0.1, 0.15) is 31.7 Å². The van der Waals surface area contributed by atoms with Crippen molar-refractivity contribution < 1.29 is 9.84 Å². The first-order valence-corrected chi connectivity index (χ1v) is 6.80. The fourth-order valence-corrected chi connectivity index (χ4v) is 2.39. The van der Waals surface area contributed by atoms with Crippen LogP contribution in [0.5, 0.6) is 5.75 Å². The smallest absolute Gasteiger partial charge is 0.122 e. The molecule has 0 amide bonds. The number of rotatable bonds is 1. The maximum atomic E-state index is 8.76. The number of nitrogens with one attached hydrogen (secondary N) is 1. The number of aliphatic hydroxyl groups is 1. The third kappa shape index (κ3) is 3.47. The average molecular weight is 249 g/mol. The second-order valence-corrected chi connectivity index (χ2v) is 5.31. The first-order chi connectivity index (χ1) is 8.73. The molecule has 2 aliphatic rings. The summed E-state index contributed by atoms with van der Waals surface area (Å²) in [6.07, 6.45) is 4.66. The average Bonchev–Trinajstić information content (AvgIpc) is 2.87. The van der Waals surface area contributed by atoms with E-state index in [1.54, 1.807) is 0 Å². The molecule has 1 saturated heterocycles. The number of hydrogen-bond donors (Lipinski definition) is 2. The van der Waals surface area contributed by atoms with Gasteiger partial charge in [0.2, 0.25) is 0 Å². The van der Waals surface area contributed by atoms with E-state index in [2.05, 4.69) is 24.4 Å². The molecule has 3 nitrogen and oxygen atoms in total. The SMILES string of the molecule is CC1(CO)CCCN1.c1ccc2c(c1)CCCO2. The zero-order chi connectivity index (χ0) is 12.8. The Morgan fingerprint density at radius 1 is 1.33 bits per heavy atom. The van der Waals surface area contributed by atoms with Crippen molar-refractivity contribution in [3.63, 3.8) is 0 Å². The molecule has 0 aliphatic carbocycles. The number of hydrogen-bond acceptors (Lipinski definition) is 3. The van der Waals surface area contributed by atoms with Crippen LogP contribution in [0.3, 0.4) is 0 Å². The minimum Gasteiger partial charge on any atom is -0.493 e. The van der Waals surface area contributed by atoms with Crippen molar-refractivity contribution in [2.45, 2.75) is 38.1 Å². The Morgan fingerprint density at radius 3 is 2.78 bits per heavy atom. The minimum atomic E-state index is 0.0417. The van der Waals surface area contributed by atoms with Crippen molar-refractivity contribution in [3.05, 3.63) is 29.8 Å². The normalized spacial score (nSPS) is 25.7. The topological polar surface area (TPSA) is 41.5 Å². The van der Waals surface area contributed by atoms with E-state index in [9.17, 15) is 0 Å². The van der Waals surface area contributed by atoms with Gasteiger partial charge in [-0.15, -0.1) is 0 Å². The third-order valence-corrected chi connectivity index (χ3v) is 3.63. The van der Waals surface area contributed by atoms with Crippen molar-refractivity contribution in [2.75, 3.05) is 19.8 Å². The van der Waals surface area contributed by atoms with Crippen LogP contribution in [0.4, 0.5) is 0 Å². The number of benzene rings is 1. The molecule has 0 spiro atoms. The Hall–Kier alpha value is -1.06. The van der Waals surface area contributed by atoms with Gasteiger partial charge >= 0.3 is 0 Å². The van der Waals surface area contributed by atoms with Crippen molar-refractivity contribution in [2.24, 2.45) is 0 Å². The van der Waals surface area contributed by atoms with Gasteiger partial charge in [0.15, 0.2) is 0 Å². The molecule has 1 atom stereocenters. The highest BCUT2D eigenvalue weighted by molar-refractivity contribution is 5.34. The Balaban J connectivity index is 0.000000138. The molecule has 3 heteroatoms. The lowest BCUT2D eigenvalue weighted by molar-refractivity contribution is 0.192. The monoisotopic (exact) mass is 249 g/mol. The zero-order valence-electron chi connectivity index (χ0n) is 11.1. The first-order valence-electron chi connectivity index (χ1n) is 6.80. The fraction of sp³-hybridized carbons (Fsp3) is 0.600. The highest BCUT2D eigenvalue weighted by Crippen LogP contribution is 2.23. The van der Waals surface area contributed by atoms with Gasteiger partial charge in [-0.2, -0.15) is 0 Å². The third-order valence-electron chi connectivity index (χ3n) is 3.63. The molecule has 2 N–H and O–H groups in total. The molecule has 0 saturated carbocycles. The van der Waals surface area contributed by atoms with Gasteiger partial charge in [-0.3, -0.25) is 0 Å². The van der Waals surface area contributed by atoms with Crippen LogP contribution in [-0.2, 0) is 6.42 Å².